The molecule has 0 aliphatic carbocycles. The van der Waals surface area contributed by atoms with Gasteiger partial charge in [-0.1, -0.05) is 6.92 Å². The summed E-state index contributed by atoms with van der Waals surface area (Å²) in [5, 5.41) is 3.49. The Kier molecular flexibility index (Phi) is 7.58. The molecule has 3 unspecified atom stereocenters. The molecular formula is C20H38N4O2. The fourth-order valence-corrected chi connectivity index (χ4v) is 4.22. The van der Waals surface area contributed by atoms with Crippen LogP contribution in [-0.2, 0) is 9.47 Å². The molecule has 0 aromatic rings. The minimum Gasteiger partial charge on any atom is -0.375 e. The van der Waals surface area contributed by atoms with Gasteiger partial charge in [0, 0.05) is 32.3 Å². The highest BCUT2D eigenvalue weighted by molar-refractivity contribution is 5.80. The summed E-state index contributed by atoms with van der Waals surface area (Å²) in [7, 11) is 0. The first-order valence-electron chi connectivity index (χ1n) is 10.7. The van der Waals surface area contributed by atoms with Crippen molar-refractivity contribution in [3.63, 3.8) is 0 Å². The molecule has 0 spiro atoms. The maximum Gasteiger partial charge on any atom is 0.194 e. The Morgan fingerprint density at radius 1 is 1.12 bits per heavy atom. The van der Waals surface area contributed by atoms with Gasteiger partial charge in [-0.05, 0) is 58.5 Å². The first kappa shape index (κ1) is 19.9. The highest BCUT2D eigenvalue weighted by Gasteiger charge is 2.32. The van der Waals surface area contributed by atoms with Crippen LogP contribution >= 0.6 is 0 Å². The van der Waals surface area contributed by atoms with Crippen molar-refractivity contribution in [2.24, 2.45) is 10.9 Å². The second-order valence-electron chi connectivity index (χ2n) is 8.17. The van der Waals surface area contributed by atoms with Crippen LogP contribution in [0.3, 0.4) is 0 Å². The fraction of sp³-hybridized carbons (Fsp3) is 0.950. The third-order valence-corrected chi connectivity index (χ3v) is 6.05. The number of ether oxygens (including phenoxy) is 2. The third kappa shape index (κ3) is 5.33. The predicted octanol–water partition coefficient (Wildman–Crippen LogP) is 1.95. The summed E-state index contributed by atoms with van der Waals surface area (Å²) in [5.41, 5.74) is 0. The lowest BCUT2D eigenvalue weighted by atomic mass is 9.98. The second-order valence-corrected chi connectivity index (χ2v) is 8.17. The van der Waals surface area contributed by atoms with E-state index in [1.165, 1.54) is 25.9 Å². The van der Waals surface area contributed by atoms with Gasteiger partial charge in [-0.25, -0.2) is 0 Å². The summed E-state index contributed by atoms with van der Waals surface area (Å²) in [6, 6.07) is 0.506. The molecule has 3 atom stereocenters. The van der Waals surface area contributed by atoms with Crippen LogP contribution in [0, 0.1) is 5.92 Å². The molecule has 0 radical (unpaired) electrons. The predicted molar refractivity (Wildman–Crippen MR) is 106 cm³/mol. The molecule has 150 valence electrons. The first-order chi connectivity index (χ1) is 12.7. The smallest absolute Gasteiger partial charge is 0.194 e. The van der Waals surface area contributed by atoms with Crippen molar-refractivity contribution in [3.05, 3.63) is 0 Å². The standard InChI is InChI=1S/C20H38N4O2/c1-4-21-20(22-14-17(3)23-9-7-16(2)8-10-23)24-11-13-26-19(15-24)18-6-5-12-25-18/h16-19H,4-15H2,1-3H3,(H,21,22). The number of aliphatic imine (C=N–C) groups is 1. The van der Waals surface area contributed by atoms with E-state index in [0.29, 0.717) is 6.04 Å². The van der Waals surface area contributed by atoms with Crippen molar-refractivity contribution < 1.29 is 9.47 Å². The van der Waals surface area contributed by atoms with Gasteiger partial charge in [0.05, 0.1) is 19.3 Å². The quantitative estimate of drug-likeness (QED) is 0.595. The van der Waals surface area contributed by atoms with E-state index < -0.39 is 0 Å². The molecule has 0 aromatic carbocycles. The number of rotatable bonds is 5. The van der Waals surface area contributed by atoms with Crippen molar-refractivity contribution in [2.45, 2.75) is 64.7 Å². The van der Waals surface area contributed by atoms with Gasteiger partial charge < -0.3 is 19.7 Å². The maximum atomic E-state index is 5.99. The van der Waals surface area contributed by atoms with Gasteiger partial charge in [-0.2, -0.15) is 0 Å². The number of guanidine groups is 1. The van der Waals surface area contributed by atoms with Crippen molar-refractivity contribution in [1.29, 1.82) is 0 Å². The van der Waals surface area contributed by atoms with Gasteiger partial charge in [0.2, 0.25) is 0 Å². The number of morpholine rings is 1. The van der Waals surface area contributed by atoms with E-state index in [1.54, 1.807) is 0 Å². The Morgan fingerprint density at radius 2 is 1.88 bits per heavy atom. The van der Waals surface area contributed by atoms with Gasteiger partial charge in [-0.3, -0.25) is 9.89 Å². The zero-order valence-electron chi connectivity index (χ0n) is 17.0. The highest BCUT2D eigenvalue weighted by atomic mass is 16.5. The SMILES string of the molecule is CCNC(=NCC(C)N1CCC(C)CC1)N1CCOC(C2CCCO2)C1. The molecule has 26 heavy (non-hydrogen) atoms. The minimum atomic E-state index is 0.177. The topological polar surface area (TPSA) is 49.3 Å². The normalized spacial score (nSPS) is 30.6. The third-order valence-electron chi connectivity index (χ3n) is 6.05. The van der Waals surface area contributed by atoms with Gasteiger partial charge in [-0.15, -0.1) is 0 Å². The summed E-state index contributed by atoms with van der Waals surface area (Å²) >= 11 is 0. The average molecular weight is 367 g/mol. The van der Waals surface area contributed by atoms with Crippen LogP contribution in [-0.4, -0.2) is 86.5 Å². The molecular weight excluding hydrogens is 328 g/mol. The lowest BCUT2D eigenvalue weighted by Gasteiger charge is -2.38. The van der Waals surface area contributed by atoms with Crippen LogP contribution in [0.4, 0.5) is 0 Å². The zero-order valence-corrected chi connectivity index (χ0v) is 17.0. The molecule has 3 saturated heterocycles. The van der Waals surface area contributed by atoms with E-state index in [9.17, 15) is 0 Å². The summed E-state index contributed by atoms with van der Waals surface area (Å²) in [6.45, 7) is 14.4. The lowest BCUT2D eigenvalue weighted by Crippen LogP contribution is -2.53. The maximum absolute atomic E-state index is 5.99. The van der Waals surface area contributed by atoms with Gasteiger partial charge in [0.1, 0.15) is 6.10 Å². The van der Waals surface area contributed by atoms with E-state index in [4.69, 9.17) is 14.5 Å². The van der Waals surface area contributed by atoms with Gasteiger partial charge >= 0.3 is 0 Å². The van der Waals surface area contributed by atoms with Crippen molar-refractivity contribution >= 4 is 5.96 Å². The zero-order chi connectivity index (χ0) is 18.4. The Bertz CT molecular complexity index is 445. The first-order valence-corrected chi connectivity index (χ1v) is 10.7. The van der Waals surface area contributed by atoms with Crippen molar-refractivity contribution in [2.75, 3.05) is 52.5 Å². The molecule has 3 aliphatic heterocycles. The van der Waals surface area contributed by atoms with E-state index in [2.05, 4.69) is 35.9 Å². The molecule has 3 rings (SSSR count). The molecule has 0 amide bonds. The Labute approximate surface area is 159 Å². The van der Waals surface area contributed by atoms with Crippen LogP contribution in [0.2, 0.25) is 0 Å². The van der Waals surface area contributed by atoms with Crippen LogP contribution in [0.1, 0.15) is 46.5 Å². The molecule has 3 heterocycles. The molecule has 6 nitrogen and oxygen atoms in total. The fourth-order valence-electron chi connectivity index (χ4n) is 4.22. The second kappa shape index (κ2) is 9.90. The van der Waals surface area contributed by atoms with Gasteiger partial charge in [0.25, 0.3) is 0 Å². The Morgan fingerprint density at radius 3 is 2.58 bits per heavy atom. The summed E-state index contributed by atoms with van der Waals surface area (Å²) < 4.78 is 11.8. The summed E-state index contributed by atoms with van der Waals surface area (Å²) in [5.74, 6) is 1.92. The monoisotopic (exact) mass is 366 g/mol. The summed E-state index contributed by atoms with van der Waals surface area (Å²) in [6.07, 6.45) is 5.36. The van der Waals surface area contributed by atoms with Crippen LogP contribution in [0.15, 0.2) is 4.99 Å². The molecule has 3 fully saturated rings. The van der Waals surface area contributed by atoms with Crippen LogP contribution in [0.5, 0.6) is 0 Å². The molecule has 0 saturated carbocycles. The number of hydrogen-bond acceptors (Lipinski definition) is 4. The van der Waals surface area contributed by atoms with Crippen LogP contribution in [0.25, 0.3) is 0 Å². The van der Waals surface area contributed by atoms with E-state index in [1.807, 2.05) is 0 Å². The minimum absolute atomic E-state index is 0.177. The number of nitrogens with zero attached hydrogens (tertiary/aromatic N) is 3. The largest absolute Gasteiger partial charge is 0.375 e. The van der Waals surface area contributed by atoms with Crippen molar-refractivity contribution in [1.82, 2.24) is 15.1 Å². The van der Waals surface area contributed by atoms with E-state index >= 15 is 0 Å². The number of hydrogen-bond donors (Lipinski definition) is 1. The molecule has 1 N–H and O–H groups in total. The molecule has 0 aromatic heterocycles. The molecule has 0 bridgehead atoms. The summed E-state index contributed by atoms with van der Waals surface area (Å²) in [4.78, 5) is 9.95. The highest BCUT2D eigenvalue weighted by Crippen LogP contribution is 2.21. The number of nitrogens with one attached hydrogen (secondary N) is 1. The number of likely N-dealkylation sites (tertiary alicyclic amines) is 1. The Balaban J connectivity index is 1.55. The van der Waals surface area contributed by atoms with Crippen LogP contribution < -0.4 is 5.32 Å². The Hall–Kier alpha value is -0.850. The van der Waals surface area contributed by atoms with E-state index in [0.717, 1.165) is 64.1 Å². The average Bonchev–Trinajstić information content (AvgIpc) is 3.20. The number of piperidine rings is 1. The van der Waals surface area contributed by atoms with Gasteiger partial charge in [0.15, 0.2) is 5.96 Å². The lowest BCUT2D eigenvalue weighted by molar-refractivity contribution is -0.0817. The van der Waals surface area contributed by atoms with Crippen molar-refractivity contribution in [3.8, 4) is 0 Å². The van der Waals surface area contributed by atoms with E-state index in [-0.39, 0.29) is 12.2 Å². The molecule has 3 aliphatic rings. The molecule has 6 heteroatoms.